The van der Waals surface area contributed by atoms with Crippen LogP contribution < -0.4 is 14.4 Å². The average molecular weight is 368 g/mol. The molecular formula is C20H20N2O3S. The number of hydrogen-bond acceptors (Lipinski definition) is 5. The van der Waals surface area contributed by atoms with E-state index in [0.717, 1.165) is 16.9 Å². The molecular weight excluding hydrogens is 348 g/mol. The number of thiazole rings is 1. The average Bonchev–Trinajstić information content (AvgIpc) is 3.08. The van der Waals surface area contributed by atoms with E-state index in [0.29, 0.717) is 16.6 Å². The lowest BCUT2D eigenvalue weighted by Gasteiger charge is -2.20. The number of carbonyl (C=O) groups is 1. The first-order valence-corrected chi connectivity index (χ1v) is 9.01. The zero-order valence-electron chi connectivity index (χ0n) is 14.9. The van der Waals surface area contributed by atoms with Crippen molar-refractivity contribution in [2.75, 3.05) is 19.1 Å². The summed E-state index contributed by atoms with van der Waals surface area (Å²) in [4.78, 5) is 19.2. The van der Waals surface area contributed by atoms with Gasteiger partial charge in [0.2, 0.25) is 5.91 Å². The van der Waals surface area contributed by atoms with E-state index >= 15 is 0 Å². The quantitative estimate of drug-likeness (QED) is 0.648. The number of anilines is 2. The molecule has 1 aromatic heterocycles. The molecule has 1 heterocycles. The van der Waals surface area contributed by atoms with Gasteiger partial charge in [0.15, 0.2) is 16.6 Å². The van der Waals surface area contributed by atoms with Gasteiger partial charge in [-0.05, 0) is 36.8 Å². The fourth-order valence-electron chi connectivity index (χ4n) is 2.63. The van der Waals surface area contributed by atoms with Crippen molar-refractivity contribution in [3.63, 3.8) is 0 Å². The fraction of sp³-hybridized carbons (Fsp3) is 0.200. The summed E-state index contributed by atoms with van der Waals surface area (Å²) in [5.41, 5.74) is 2.54. The minimum Gasteiger partial charge on any atom is -0.493 e. The zero-order chi connectivity index (χ0) is 18.5. The van der Waals surface area contributed by atoms with Gasteiger partial charge in [-0.15, -0.1) is 11.3 Å². The monoisotopic (exact) mass is 368 g/mol. The van der Waals surface area contributed by atoms with E-state index in [4.69, 9.17) is 9.47 Å². The van der Waals surface area contributed by atoms with Gasteiger partial charge in [-0.2, -0.15) is 0 Å². The van der Waals surface area contributed by atoms with Crippen LogP contribution in [0.3, 0.4) is 0 Å². The van der Waals surface area contributed by atoms with Crippen molar-refractivity contribution in [1.29, 1.82) is 0 Å². The Kier molecular flexibility index (Phi) is 5.53. The summed E-state index contributed by atoms with van der Waals surface area (Å²) < 4.78 is 10.6. The van der Waals surface area contributed by atoms with Gasteiger partial charge in [-0.1, -0.05) is 24.3 Å². The van der Waals surface area contributed by atoms with E-state index in [9.17, 15) is 4.79 Å². The first kappa shape index (κ1) is 17.9. The fourth-order valence-corrected chi connectivity index (χ4v) is 3.46. The minimum absolute atomic E-state index is 0.0576. The number of benzene rings is 2. The summed E-state index contributed by atoms with van der Waals surface area (Å²) in [5, 5.41) is 2.61. The molecule has 0 aliphatic rings. The first-order valence-electron chi connectivity index (χ1n) is 8.13. The van der Waals surface area contributed by atoms with E-state index < -0.39 is 0 Å². The van der Waals surface area contributed by atoms with Crippen molar-refractivity contribution in [2.45, 2.75) is 13.3 Å². The summed E-state index contributed by atoms with van der Waals surface area (Å²) in [6.07, 6.45) is 0.230. The molecule has 0 fully saturated rings. The highest BCUT2D eigenvalue weighted by Crippen LogP contribution is 2.31. The van der Waals surface area contributed by atoms with E-state index in [2.05, 4.69) is 4.98 Å². The van der Waals surface area contributed by atoms with Crippen molar-refractivity contribution in [3.05, 3.63) is 65.2 Å². The maximum absolute atomic E-state index is 13.1. The number of nitrogens with zero attached hydrogens (tertiary/aromatic N) is 2. The molecule has 134 valence electrons. The molecule has 5 nitrogen and oxygen atoms in total. The Balaban J connectivity index is 1.91. The van der Waals surface area contributed by atoms with E-state index in [1.165, 1.54) is 11.3 Å². The van der Waals surface area contributed by atoms with Crippen LogP contribution in [0.4, 0.5) is 10.8 Å². The third-order valence-corrected chi connectivity index (χ3v) is 4.81. The highest BCUT2D eigenvalue weighted by Gasteiger charge is 2.21. The number of aromatic nitrogens is 1. The van der Waals surface area contributed by atoms with Crippen LogP contribution in [0, 0.1) is 6.92 Å². The Morgan fingerprint density at radius 2 is 1.81 bits per heavy atom. The molecule has 0 bridgehead atoms. The molecule has 0 N–H and O–H groups in total. The molecule has 0 radical (unpaired) electrons. The van der Waals surface area contributed by atoms with E-state index in [-0.39, 0.29) is 12.3 Å². The number of carbonyl (C=O) groups excluding carboxylic acids is 1. The van der Waals surface area contributed by atoms with Crippen molar-refractivity contribution in [1.82, 2.24) is 4.98 Å². The Morgan fingerprint density at radius 1 is 1.08 bits per heavy atom. The maximum atomic E-state index is 13.1. The number of amides is 1. The van der Waals surface area contributed by atoms with Crippen LogP contribution in [0.25, 0.3) is 0 Å². The van der Waals surface area contributed by atoms with Crippen LogP contribution in [0.1, 0.15) is 11.3 Å². The normalized spacial score (nSPS) is 10.4. The lowest BCUT2D eigenvalue weighted by atomic mass is 10.1. The summed E-state index contributed by atoms with van der Waals surface area (Å²) in [6, 6.07) is 15.1. The minimum atomic E-state index is -0.0576. The molecule has 0 aliphatic carbocycles. The molecule has 0 atom stereocenters. The second-order valence-electron chi connectivity index (χ2n) is 5.70. The lowest BCUT2D eigenvalue weighted by Crippen LogP contribution is -2.27. The molecule has 6 heteroatoms. The first-order chi connectivity index (χ1) is 12.6. The number of methoxy groups -OCH3 is 2. The predicted octanol–water partition coefficient (Wildman–Crippen LogP) is 4.38. The second-order valence-corrected chi connectivity index (χ2v) is 6.54. The Morgan fingerprint density at radius 3 is 2.42 bits per heavy atom. The van der Waals surface area contributed by atoms with E-state index in [1.807, 2.05) is 60.8 Å². The Bertz CT molecular complexity index is 893. The largest absolute Gasteiger partial charge is 0.493 e. The summed E-state index contributed by atoms with van der Waals surface area (Å²) >= 11 is 1.45. The molecule has 0 aliphatic heterocycles. The number of para-hydroxylation sites is 1. The van der Waals surface area contributed by atoms with Crippen LogP contribution in [-0.2, 0) is 11.2 Å². The number of rotatable bonds is 6. The third-order valence-electron chi connectivity index (χ3n) is 3.87. The molecule has 2 aromatic carbocycles. The van der Waals surface area contributed by atoms with Crippen molar-refractivity contribution < 1.29 is 14.3 Å². The van der Waals surface area contributed by atoms with Crippen molar-refractivity contribution in [2.24, 2.45) is 0 Å². The second kappa shape index (κ2) is 8.01. The Hall–Kier alpha value is -2.86. The molecule has 0 unspecified atom stereocenters. The third kappa shape index (κ3) is 3.86. The van der Waals surface area contributed by atoms with Gasteiger partial charge in [-0.3, -0.25) is 9.69 Å². The van der Waals surface area contributed by atoms with Gasteiger partial charge >= 0.3 is 0 Å². The number of hydrogen-bond donors (Lipinski definition) is 0. The zero-order valence-corrected chi connectivity index (χ0v) is 15.7. The van der Waals surface area contributed by atoms with E-state index in [1.54, 1.807) is 19.1 Å². The van der Waals surface area contributed by atoms with Crippen LogP contribution in [0.15, 0.2) is 53.9 Å². The van der Waals surface area contributed by atoms with Crippen molar-refractivity contribution in [3.8, 4) is 11.5 Å². The van der Waals surface area contributed by atoms with Gasteiger partial charge < -0.3 is 9.47 Å². The Labute approximate surface area is 156 Å². The maximum Gasteiger partial charge on any atom is 0.237 e. The van der Waals surface area contributed by atoms with Gasteiger partial charge in [0, 0.05) is 5.38 Å². The molecule has 1 amide bonds. The topological polar surface area (TPSA) is 51.7 Å². The van der Waals surface area contributed by atoms with Crippen LogP contribution in [0.2, 0.25) is 0 Å². The summed E-state index contributed by atoms with van der Waals surface area (Å²) in [7, 11) is 3.17. The standard InChI is InChI=1S/C20H20N2O3S/c1-14-13-26-20(21-14)22(16-7-5-4-6-8-16)19(23)12-15-9-10-17(24-2)18(11-15)25-3/h4-11,13H,12H2,1-3H3. The molecule has 0 saturated carbocycles. The highest BCUT2D eigenvalue weighted by atomic mass is 32.1. The molecule has 3 aromatic rings. The van der Waals surface area contributed by atoms with Crippen molar-refractivity contribution >= 4 is 28.1 Å². The molecule has 3 rings (SSSR count). The van der Waals surface area contributed by atoms with Crippen LogP contribution in [0.5, 0.6) is 11.5 Å². The smallest absolute Gasteiger partial charge is 0.237 e. The summed E-state index contributed by atoms with van der Waals surface area (Å²) in [6.45, 7) is 1.92. The van der Waals surface area contributed by atoms with Gasteiger partial charge in [0.1, 0.15) is 0 Å². The summed E-state index contributed by atoms with van der Waals surface area (Å²) in [5.74, 6) is 1.19. The molecule has 0 spiro atoms. The van der Waals surface area contributed by atoms with Crippen LogP contribution in [-0.4, -0.2) is 25.1 Å². The lowest BCUT2D eigenvalue weighted by molar-refractivity contribution is -0.117. The predicted molar refractivity (Wildman–Crippen MR) is 104 cm³/mol. The SMILES string of the molecule is COc1ccc(CC(=O)N(c2ccccc2)c2nc(C)cs2)cc1OC. The highest BCUT2D eigenvalue weighted by molar-refractivity contribution is 7.14. The molecule has 0 saturated heterocycles. The van der Waals surface area contributed by atoms with Gasteiger partial charge in [-0.25, -0.2) is 4.98 Å². The van der Waals surface area contributed by atoms with Crippen LogP contribution >= 0.6 is 11.3 Å². The number of aryl methyl sites for hydroxylation is 1. The van der Waals surface area contributed by atoms with Gasteiger partial charge in [0.05, 0.1) is 32.0 Å². The molecule has 26 heavy (non-hydrogen) atoms. The number of ether oxygens (including phenoxy) is 2. The van der Waals surface area contributed by atoms with Gasteiger partial charge in [0.25, 0.3) is 0 Å².